The van der Waals surface area contributed by atoms with E-state index in [1.165, 1.54) is 20.0 Å². The van der Waals surface area contributed by atoms with Gasteiger partial charge >= 0.3 is 5.97 Å². The Morgan fingerprint density at radius 3 is 1.86 bits per heavy atom. The molecule has 0 aromatic heterocycles. The largest absolute Gasteiger partial charge is 0.462 e. The summed E-state index contributed by atoms with van der Waals surface area (Å²) in [6.45, 7) is 7.70. The number of amides is 3. The highest BCUT2D eigenvalue weighted by Crippen LogP contribution is 2.38. The van der Waals surface area contributed by atoms with E-state index in [1.54, 1.807) is 86.8 Å². The number of aliphatic hydroxyl groups is 10. The third-order valence-electron chi connectivity index (χ3n) is 13.0. The Labute approximate surface area is 433 Å². The second-order valence-corrected chi connectivity index (χ2v) is 19.4. The topological polar surface area (TPSA) is 356 Å². The summed E-state index contributed by atoms with van der Waals surface area (Å²) < 4.78 is 23.7. The van der Waals surface area contributed by atoms with Gasteiger partial charge in [-0.25, -0.2) is 0 Å². The average Bonchev–Trinajstić information content (AvgIpc) is 3.31. The summed E-state index contributed by atoms with van der Waals surface area (Å²) in [5, 5.41) is 116. The highest BCUT2D eigenvalue weighted by molar-refractivity contribution is 5.83. The molecule has 2 fully saturated rings. The molecule has 22 heteroatoms. The molecule has 0 aromatic carbocycles. The molecule has 2 saturated heterocycles. The highest BCUT2D eigenvalue weighted by Gasteiger charge is 2.51. The molecule has 0 radical (unpaired) electrons. The molecule has 2 bridgehead atoms. The third-order valence-corrected chi connectivity index (χ3v) is 13.0. The van der Waals surface area contributed by atoms with Crippen molar-refractivity contribution in [2.45, 2.75) is 183 Å². The van der Waals surface area contributed by atoms with E-state index in [1.807, 2.05) is 13.0 Å². The Morgan fingerprint density at radius 2 is 1.27 bits per heavy atom. The van der Waals surface area contributed by atoms with Gasteiger partial charge in [-0.1, -0.05) is 98.9 Å². The van der Waals surface area contributed by atoms with Crippen LogP contribution in [0.3, 0.4) is 0 Å². The van der Waals surface area contributed by atoms with Gasteiger partial charge in [0.05, 0.1) is 86.0 Å². The summed E-state index contributed by atoms with van der Waals surface area (Å²) in [5.41, 5.74) is 4.37. The minimum absolute atomic E-state index is 0.130. The summed E-state index contributed by atoms with van der Waals surface area (Å²) in [4.78, 5) is 50.6. The molecule has 0 unspecified atom stereocenters. The number of esters is 1. The number of nitrogens with one attached hydrogen (secondary N) is 4. The average molecular weight is 1050 g/mol. The van der Waals surface area contributed by atoms with Crippen molar-refractivity contribution in [2.24, 2.45) is 17.8 Å². The molecular weight excluding hydrogens is 969 g/mol. The predicted molar refractivity (Wildman–Crippen MR) is 269 cm³/mol. The van der Waals surface area contributed by atoms with E-state index in [9.17, 15) is 70.2 Å². The zero-order valence-corrected chi connectivity index (χ0v) is 43.1. The molecular formula is C52H82N4O18. The molecule has 74 heavy (non-hydrogen) atoms. The molecule has 3 rings (SSSR count). The third kappa shape index (κ3) is 22.0. The van der Waals surface area contributed by atoms with E-state index in [0.717, 1.165) is 6.92 Å². The van der Waals surface area contributed by atoms with Crippen LogP contribution in [0.2, 0.25) is 0 Å². The molecule has 3 heterocycles. The summed E-state index contributed by atoms with van der Waals surface area (Å²) in [6.07, 6.45) is 2.25. The minimum Gasteiger partial charge on any atom is -0.462 e. The molecule has 22 nitrogen and oxygen atoms in total. The number of likely N-dealkylation sites (N-methyl/N-ethyl adjacent to an activating group) is 1. The number of aliphatic hydroxyl groups excluding tert-OH is 9. The lowest BCUT2D eigenvalue weighted by molar-refractivity contribution is -0.307. The first-order valence-corrected chi connectivity index (χ1v) is 25.2. The van der Waals surface area contributed by atoms with E-state index in [2.05, 4.69) is 21.5 Å². The Kier molecular flexibility index (Phi) is 27.7. The first kappa shape index (κ1) is 63.8. The second-order valence-electron chi connectivity index (χ2n) is 19.4. The lowest BCUT2D eigenvalue weighted by atomic mass is 9.82. The van der Waals surface area contributed by atoms with Gasteiger partial charge < -0.3 is 80.6 Å². The van der Waals surface area contributed by atoms with Gasteiger partial charge in [0.1, 0.15) is 18.3 Å². The van der Waals surface area contributed by atoms with Crippen molar-refractivity contribution < 1.29 is 89.2 Å². The van der Waals surface area contributed by atoms with E-state index in [4.69, 9.17) is 18.9 Å². The summed E-state index contributed by atoms with van der Waals surface area (Å²) in [6, 6.07) is -1.25. The number of carbonyl (C=O) groups excluding carboxylic acids is 4. The van der Waals surface area contributed by atoms with Gasteiger partial charge in [-0.15, -0.1) is 0 Å². The predicted octanol–water partition coefficient (Wildman–Crippen LogP) is -0.829. The number of hydrazine groups is 1. The summed E-state index contributed by atoms with van der Waals surface area (Å²) in [7, 11) is 1.54. The van der Waals surface area contributed by atoms with E-state index >= 15 is 0 Å². The number of allylic oxidation sites excluding steroid dienone is 12. The minimum atomic E-state index is -2.38. The molecule has 14 N–H and O–H groups in total. The number of rotatable bonds is 6. The maximum atomic E-state index is 13.6. The van der Waals surface area contributed by atoms with E-state index < -0.39 is 159 Å². The first-order chi connectivity index (χ1) is 34.9. The second kappa shape index (κ2) is 32.2. The fourth-order valence-electron chi connectivity index (χ4n) is 8.76. The molecule has 0 aliphatic carbocycles. The number of ether oxygens (including phenoxy) is 4. The van der Waals surface area contributed by atoms with Crippen LogP contribution < -0.4 is 21.5 Å². The van der Waals surface area contributed by atoms with Gasteiger partial charge in [-0.3, -0.25) is 30.0 Å². The van der Waals surface area contributed by atoms with Gasteiger partial charge in [0.15, 0.2) is 12.1 Å². The Hall–Kier alpha value is -4.50. The van der Waals surface area contributed by atoms with Gasteiger partial charge in [0, 0.05) is 44.4 Å². The van der Waals surface area contributed by atoms with Gasteiger partial charge in [-0.05, 0) is 40.2 Å². The van der Waals surface area contributed by atoms with Crippen molar-refractivity contribution >= 4 is 23.7 Å². The smallest absolute Gasteiger partial charge is 0.308 e. The van der Waals surface area contributed by atoms with Crippen LogP contribution in [-0.4, -0.2) is 186 Å². The van der Waals surface area contributed by atoms with Crippen molar-refractivity contribution in [3.8, 4) is 0 Å². The zero-order chi connectivity index (χ0) is 55.1. The summed E-state index contributed by atoms with van der Waals surface area (Å²) in [5.74, 6) is -7.50. The molecule has 418 valence electrons. The lowest BCUT2D eigenvalue weighted by Gasteiger charge is -2.46. The van der Waals surface area contributed by atoms with Crippen LogP contribution in [0, 0.1) is 17.8 Å². The van der Waals surface area contributed by atoms with Crippen molar-refractivity contribution in [1.29, 1.82) is 0 Å². The zero-order valence-electron chi connectivity index (χ0n) is 43.1. The molecule has 3 amide bonds. The highest BCUT2D eigenvalue weighted by atomic mass is 16.7. The standard InChI is InChI=1S/C52H82N4O18/c1-30-19-17-15-13-11-9-7-8-10-12-14-16-18-20-38(73-51-49(68)46(48(67)33(4)72-51)54-43(64)29-53-6)26-42-45(50(69)56-55-34(5)57)41(63)28-52(70,74-42)27-37(60)24-40(62)39(61)22-21-35(58)23-36(59)25-44(65)71-32(3)31(2)47(30)66/h7-20,30-33,35-42,45-49,51,53,58-63,66-68,70H,21-29H2,1-6H3,(H,54,64)(H,55,57)(H,56,69)/b8-7+,11-9+,12-10+,15-13+,16-14+,19-17+,20-18+/t30-,31-,32-,33+,35+,36+,37-,38-,39+,40+,41-,42-,45+,46-,47+,48+,49-,51-,52+/m0/s1. The lowest BCUT2D eigenvalue weighted by Crippen LogP contribution is -2.64. The molecule has 0 spiro atoms. The van der Waals surface area contributed by atoms with Crippen LogP contribution in [0.1, 0.15) is 86.0 Å². The van der Waals surface area contributed by atoms with Crippen LogP contribution >= 0.6 is 0 Å². The normalized spacial score (nSPS) is 41.2. The Balaban J connectivity index is 1.98. The fourth-order valence-corrected chi connectivity index (χ4v) is 8.76. The van der Waals surface area contributed by atoms with Gasteiger partial charge in [0.2, 0.25) is 17.7 Å². The van der Waals surface area contributed by atoms with Crippen LogP contribution in [0.15, 0.2) is 85.1 Å². The maximum Gasteiger partial charge on any atom is 0.308 e. The van der Waals surface area contributed by atoms with Crippen molar-refractivity contribution in [1.82, 2.24) is 21.5 Å². The van der Waals surface area contributed by atoms with E-state index in [0.29, 0.717) is 0 Å². The summed E-state index contributed by atoms with van der Waals surface area (Å²) >= 11 is 0. The van der Waals surface area contributed by atoms with Crippen molar-refractivity contribution in [2.75, 3.05) is 13.6 Å². The van der Waals surface area contributed by atoms with Crippen molar-refractivity contribution in [3.63, 3.8) is 0 Å². The quantitative estimate of drug-likeness (QED) is 0.114. The van der Waals surface area contributed by atoms with Crippen molar-refractivity contribution in [3.05, 3.63) is 85.1 Å². The SMILES string of the molecule is CNCC(=O)N[C@@H]1[C@H](O)[C@H](O[C@H]2/C=C/C=C/C=C/C=C/C=C/C=C/C=C/[C@H](C)[C@@H](O)[C@@H](C)[C@H](C)OC(=O)C[C@H](O)C[C@H](O)CC[C@@H](O)[C@H](O)C[C@H](O)C[C@]3(O)C[C@H](O)[C@@H](C(=O)NNC(C)=O)[C@H](C2)O3)O[C@H](C)[C@H]1O. The van der Waals surface area contributed by atoms with Gasteiger partial charge in [0.25, 0.3) is 0 Å². The van der Waals surface area contributed by atoms with E-state index in [-0.39, 0.29) is 38.1 Å². The number of fused-ring (bicyclic) bond motifs is 2. The molecule has 3 aliphatic heterocycles. The number of carbonyl (C=O) groups is 4. The molecule has 0 aromatic rings. The number of hydrogen-bond acceptors (Lipinski definition) is 19. The molecule has 3 aliphatic rings. The molecule has 19 atom stereocenters. The van der Waals surface area contributed by atoms with Crippen LogP contribution in [0.25, 0.3) is 0 Å². The Bertz CT molecular complexity index is 1960. The van der Waals surface area contributed by atoms with Crippen LogP contribution in [0.5, 0.6) is 0 Å². The van der Waals surface area contributed by atoms with Crippen LogP contribution in [0.4, 0.5) is 0 Å². The maximum absolute atomic E-state index is 13.6. The number of cyclic esters (lactones) is 1. The molecule has 0 saturated carbocycles. The fraction of sp³-hybridized carbons (Fsp3) is 0.654. The van der Waals surface area contributed by atoms with Gasteiger partial charge in [-0.2, -0.15) is 0 Å². The van der Waals surface area contributed by atoms with Crippen LogP contribution in [-0.2, 0) is 38.1 Å². The first-order valence-electron chi connectivity index (χ1n) is 25.2. The monoisotopic (exact) mass is 1050 g/mol. The number of hydrogen-bond donors (Lipinski definition) is 14. The Morgan fingerprint density at radius 1 is 0.676 bits per heavy atom.